The molecule has 2 aliphatic rings. The summed E-state index contributed by atoms with van der Waals surface area (Å²) in [5.74, 6) is 0. The van der Waals surface area contributed by atoms with Crippen LogP contribution in [0.3, 0.4) is 0 Å². The van der Waals surface area contributed by atoms with Gasteiger partial charge >= 0.3 is 0 Å². The SMILES string of the molecule is NC1CCC(O)(CNC2CCCO2)CC1. The number of hydrogen-bond acceptors (Lipinski definition) is 4. The Morgan fingerprint density at radius 2 is 2.07 bits per heavy atom. The molecule has 15 heavy (non-hydrogen) atoms. The number of ether oxygens (including phenoxy) is 1. The van der Waals surface area contributed by atoms with Gasteiger partial charge in [-0.05, 0) is 38.5 Å². The van der Waals surface area contributed by atoms with Crippen LogP contribution in [-0.4, -0.2) is 36.1 Å². The van der Waals surface area contributed by atoms with Crippen LogP contribution in [0.5, 0.6) is 0 Å². The highest BCUT2D eigenvalue weighted by molar-refractivity contribution is 4.89. The van der Waals surface area contributed by atoms with E-state index in [9.17, 15) is 5.11 Å². The molecule has 4 N–H and O–H groups in total. The Labute approximate surface area is 91.2 Å². The van der Waals surface area contributed by atoms with E-state index in [0.29, 0.717) is 6.54 Å². The van der Waals surface area contributed by atoms with Crippen LogP contribution in [0, 0.1) is 0 Å². The minimum absolute atomic E-state index is 0.157. The third-order valence-electron chi connectivity index (χ3n) is 3.55. The molecule has 1 unspecified atom stereocenters. The number of aliphatic hydroxyl groups is 1. The molecule has 0 spiro atoms. The minimum atomic E-state index is -0.554. The predicted octanol–water partition coefficient (Wildman–Crippen LogP) is 0.345. The van der Waals surface area contributed by atoms with Gasteiger partial charge in [-0.25, -0.2) is 0 Å². The smallest absolute Gasteiger partial charge is 0.108 e. The Balaban J connectivity index is 1.72. The van der Waals surface area contributed by atoms with E-state index < -0.39 is 5.60 Å². The first-order valence-corrected chi connectivity index (χ1v) is 6.01. The lowest BCUT2D eigenvalue weighted by molar-refractivity contribution is -0.0170. The van der Waals surface area contributed by atoms with Gasteiger partial charge in [0.25, 0.3) is 0 Å². The van der Waals surface area contributed by atoms with Crippen LogP contribution in [0.1, 0.15) is 38.5 Å². The van der Waals surface area contributed by atoms with Gasteiger partial charge in [0.1, 0.15) is 6.23 Å². The van der Waals surface area contributed by atoms with Crippen molar-refractivity contribution >= 4 is 0 Å². The lowest BCUT2D eigenvalue weighted by atomic mass is 9.82. The third-order valence-corrected chi connectivity index (χ3v) is 3.55. The first-order chi connectivity index (χ1) is 7.18. The molecule has 1 heterocycles. The van der Waals surface area contributed by atoms with E-state index in [-0.39, 0.29) is 12.3 Å². The first kappa shape index (κ1) is 11.3. The largest absolute Gasteiger partial charge is 0.389 e. The maximum absolute atomic E-state index is 10.3. The van der Waals surface area contributed by atoms with Gasteiger partial charge in [0.05, 0.1) is 5.60 Å². The Kier molecular flexibility index (Phi) is 3.61. The van der Waals surface area contributed by atoms with Crippen molar-refractivity contribution in [3.63, 3.8) is 0 Å². The average Bonchev–Trinajstić information content (AvgIpc) is 2.73. The maximum atomic E-state index is 10.3. The Morgan fingerprint density at radius 1 is 1.33 bits per heavy atom. The lowest BCUT2D eigenvalue weighted by Crippen LogP contribution is -2.48. The summed E-state index contributed by atoms with van der Waals surface area (Å²) in [4.78, 5) is 0. The molecule has 2 rings (SSSR count). The highest BCUT2D eigenvalue weighted by Crippen LogP contribution is 2.27. The summed E-state index contributed by atoms with van der Waals surface area (Å²) in [5, 5.41) is 13.6. The fourth-order valence-corrected chi connectivity index (χ4v) is 2.40. The fourth-order valence-electron chi connectivity index (χ4n) is 2.40. The molecule has 4 nitrogen and oxygen atoms in total. The normalized spacial score (nSPS) is 42.0. The van der Waals surface area contributed by atoms with Crippen LogP contribution >= 0.6 is 0 Å². The Hall–Kier alpha value is -0.160. The highest BCUT2D eigenvalue weighted by Gasteiger charge is 2.32. The molecule has 0 amide bonds. The Morgan fingerprint density at radius 3 is 2.67 bits per heavy atom. The predicted molar refractivity (Wildman–Crippen MR) is 58.4 cm³/mol. The van der Waals surface area contributed by atoms with E-state index in [1.807, 2.05) is 0 Å². The van der Waals surface area contributed by atoms with Gasteiger partial charge in [0, 0.05) is 19.2 Å². The molecule has 0 bridgehead atoms. The number of rotatable bonds is 3. The van der Waals surface area contributed by atoms with Crippen molar-refractivity contribution in [3.05, 3.63) is 0 Å². The average molecular weight is 214 g/mol. The van der Waals surface area contributed by atoms with E-state index in [1.165, 1.54) is 0 Å². The number of nitrogens with one attached hydrogen (secondary N) is 1. The summed E-state index contributed by atoms with van der Waals surface area (Å²) in [6.07, 6.45) is 5.84. The molecule has 1 aliphatic heterocycles. The third kappa shape index (κ3) is 3.14. The molecule has 0 aromatic carbocycles. The summed E-state index contributed by atoms with van der Waals surface area (Å²) in [6, 6.07) is 0.285. The topological polar surface area (TPSA) is 67.5 Å². The van der Waals surface area contributed by atoms with E-state index >= 15 is 0 Å². The van der Waals surface area contributed by atoms with Crippen LogP contribution in [0.4, 0.5) is 0 Å². The molecule has 4 heteroatoms. The molecule has 1 atom stereocenters. The van der Waals surface area contributed by atoms with Gasteiger partial charge in [0.2, 0.25) is 0 Å². The Bertz CT molecular complexity index is 197. The molecule has 0 radical (unpaired) electrons. The second kappa shape index (κ2) is 4.78. The zero-order chi connectivity index (χ0) is 10.7. The zero-order valence-corrected chi connectivity index (χ0v) is 9.24. The van der Waals surface area contributed by atoms with Crippen molar-refractivity contribution in [2.45, 2.75) is 56.4 Å². The highest BCUT2D eigenvalue weighted by atomic mass is 16.5. The first-order valence-electron chi connectivity index (χ1n) is 6.01. The molecule has 0 aromatic rings. The molecule has 1 saturated carbocycles. The maximum Gasteiger partial charge on any atom is 0.108 e. The molecule has 1 aliphatic carbocycles. The van der Waals surface area contributed by atoms with Gasteiger partial charge in [0.15, 0.2) is 0 Å². The van der Waals surface area contributed by atoms with Gasteiger partial charge in [-0.3, -0.25) is 5.32 Å². The van der Waals surface area contributed by atoms with Gasteiger partial charge in [-0.15, -0.1) is 0 Å². The van der Waals surface area contributed by atoms with E-state index in [2.05, 4.69) is 5.32 Å². The van der Waals surface area contributed by atoms with Crippen molar-refractivity contribution in [2.24, 2.45) is 5.73 Å². The summed E-state index contributed by atoms with van der Waals surface area (Å²) < 4.78 is 5.46. The van der Waals surface area contributed by atoms with Gasteiger partial charge in [-0.2, -0.15) is 0 Å². The van der Waals surface area contributed by atoms with Crippen LogP contribution in [0.25, 0.3) is 0 Å². The molecular formula is C11H22N2O2. The van der Waals surface area contributed by atoms with Gasteiger partial charge < -0.3 is 15.6 Å². The van der Waals surface area contributed by atoms with Crippen molar-refractivity contribution in [1.29, 1.82) is 0 Å². The van der Waals surface area contributed by atoms with Crippen molar-refractivity contribution in [1.82, 2.24) is 5.32 Å². The van der Waals surface area contributed by atoms with Crippen molar-refractivity contribution in [2.75, 3.05) is 13.2 Å². The van der Waals surface area contributed by atoms with E-state index in [0.717, 1.165) is 45.1 Å². The molecule has 0 aromatic heterocycles. The molecule has 2 fully saturated rings. The quantitative estimate of drug-likeness (QED) is 0.634. The second-order valence-electron chi connectivity index (χ2n) is 4.94. The minimum Gasteiger partial charge on any atom is -0.389 e. The summed E-state index contributed by atoms with van der Waals surface area (Å²) >= 11 is 0. The van der Waals surface area contributed by atoms with Gasteiger partial charge in [-0.1, -0.05) is 0 Å². The molecule has 88 valence electrons. The van der Waals surface area contributed by atoms with E-state index in [1.54, 1.807) is 0 Å². The summed E-state index contributed by atoms with van der Waals surface area (Å²) in [7, 11) is 0. The second-order valence-corrected chi connectivity index (χ2v) is 4.94. The lowest BCUT2D eigenvalue weighted by Gasteiger charge is -2.35. The molecule has 1 saturated heterocycles. The fraction of sp³-hybridized carbons (Fsp3) is 1.00. The van der Waals surface area contributed by atoms with Crippen LogP contribution in [-0.2, 0) is 4.74 Å². The van der Waals surface area contributed by atoms with Crippen LogP contribution in [0.2, 0.25) is 0 Å². The van der Waals surface area contributed by atoms with E-state index in [4.69, 9.17) is 10.5 Å². The zero-order valence-electron chi connectivity index (χ0n) is 9.24. The number of hydrogen-bond donors (Lipinski definition) is 3. The van der Waals surface area contributed by atoms with Crippen LogP contribution in [0.15, 0.2) is 0 Å². The van der Waals surface area contributed by atoms with Crippen molar-refractivity contribution in [3.8, 4) is 0 Å². The summed E-state index contributed by atoms with van der Waals surface area (Å²) in [5.41, 5.74) is 5.26. The molecular weight excluding hydrogens is 192 g/mol. The number of nitrogens with two attached hydrogens (primary N) is 1. The monoisotopic (exact) mass is 214 g/mol. The van der Waals surface area contributed by atoms with Crippen molar-refractivity contribution < 1.29 is 9.84 Å². The summed E-state index contributed by atoms with van der Waals surface area (Å²) in [6.45, 7) is 1.49. The van der Waals surface area contributed by atoms with Crippen LogP contribution < -0.4 is 11.1 Å². The standard InChI is InChI=1S/C11H22N2O2/c12-9-3-5-11(14,6-4-9)8-13-10-2-1-7-15-10/h9-10,13-14H,1-8,12H2.